The van der Waals surface area contributed by atoms with Crippen molar-refractivity contribution in [2.24, 2.45) is 5.92 Å². The minimum Gasteiger partial charge on any atom is -0.518 e. The van der Waals surface area contributed by atoms with Crippen molar-refractivity contribution in [1.82, 2.24) is 0 Å². The predicted molar refractivity (Wildman–Crippen MR) is 131 cm³/mol. The Bertz CT molecular complexity index is 483. The SMILES string of the molecule is CCO[Si](CC(C)C(=O)O[Si](CC)(C1CCCCC1)C1CCCCC1)(OCC)OCC. The third kappa shape index (κ3) is 7.13. The third-order valence-corrected chi connectivity index (χ3v) is 16.4. The van der Waals surface area contributed by atoms with E-state index in [2.05, 4.69) is 6.92 Å². The smallest absolute Gasteiger partial charge is 0.501 e. The molecule has 7 heteroatoms. The largest absolute Gasteiger partial charge is 0.518 e. The van der Waals surface area contributed by atoms with E-state index in [9.17, 15) is 4.79 Å². The van der Waals surface area contributed by atoms with Gasteiger partial charge >= 0.3 is 8.80 Å². The molecule has 0 amide bonds. The maximum Gasteiger partial charge on any atom is 0.501 e. The van der Waals surface area contributed by atoms with Crippen molar-refractivity contribution in [3.63, 3.8) is 0 Å². The fourth-order valence-corrected chi connectivity index (χ4v) is 14.5. The van der Waals surface area contributed by atoms with Gasteiger partial charge in [-0.2, -0.15) is 0 Å². The molecule has 0 bridgehead atoms. The average molecular weight is 473 g/mol. The van der Waals surface area contributed by atoms with Crippen LogP contribution in [0.4, 0.5) is 0 Å². The molecule has 1 unspecified atom stereocenters. The molecule has 31 heavy (non-hydrogen) atoms. The van der Waals surface area contributed by atoms with E-state index in [0.717, 1.165) is 6.04 Å². The van der Waals surface area contributed by atoms with Gasteiger partial charge in [0.15, 0.2) is 0 Å². The molecule has 0 radical (unpaired) electrons. The first kappa shape index (κ1) is 27.0. The number of rotatable bonds is 13. The van der Waals surface area contributed by atoms with E-state index in [1.807, 2.05) is 27.7 Å². The number of carbonyl (C=O) groups excluding carboxylic acids is 1. The van der Waals surface area contributed by atoms with Crippen LogP contribution in [-0.4, -0.2) is 42.9 Å². The van der Waals surface area contributed by atoms with Gasteiger partial charge in [0, 0.05) is 25.9 Å². The Morgan fingerprint density at radius 3 is 1.55 bits per heavy atom. The van der Waals surface area contributed by atoms with Gasteiger partial charge in [-0.25, -0.2) is 0 Å². The lowest BCUT2D eigenvalue weighted by molar-refractivity contribution is -0.139. The molecular formula is C24H48O5Si2. The Kier molecular flexibility index (Phi) is 11.8. The van der Waals surface area contributed by atoms with Crippen molar-refractivity contribution >= 4 is 23.1 Å². The molecular weight excluding hydrogens is 424 g/mol. The summed E-state index contributed by atoms with van der Waals surface area (Å²) in [7, 11) is -5.05. The average Bonchev–Trinajstić information content (AvgIpc) is 2.79. The summed E-state index contributed by atoms with van der Waals surface area (Å²) in [5.74, 6) is -0.289. The van der Waals surface area contributed by atoms with Crippen LogP contribution >= 0.6 is 0 Å². The summed E-state index contributed by atoms with van der Waals surface area (Å²) in [6.07, 6.45) is 12.9. The van der Waals surface area contributed by atoms with Crippen molar-refractivity contribution in [3.8, 4) is 0 Å². The van der Waals surface area contributed by atoms with Gasteiger partial charge in [0.2, 0.25) is 0 Å². The quantitative estimate of drug-likeness (QED) is 0.274. The first-order chi connectivity index (χ1) is 15.0. The van der Waals surface area contributed by atoms with Crippen molar-refractivity contribution in [3.05, 3.63) is 0 Å². The molecule has 0 aromatic carbocycles. The lowest BCUT2D eigenvalue weighted by Gasteiger charge is -2.46. The Hall–Kier alpha value is -0.216. The van der Waals surface area contributed by atoms with Gasteiger partial charge in [0.05, 0.1) is 5.92 Å². The molecule has 5 nitrogen and oxygen atoms in total. The molecule has 0 spiro atoms. The lowest BCUT2D eigenvalue weighted by Crippen LogP contribution is -2.52. The molecule has 2 aliphatic rings. The van der Waals surface area contributed by atoms with Crippen molar-refractivity contribution in [1.29, 1.82) is 0 Å². The maximum atomic E-state index is 13.6. The van der Waals surface area contributed by atoms with Gasteiger partial charge < -0.3 is 17.7 Å². The zero-order valence-electron chi connectivity index (χ0n) is 20.9. The van der Waals surface area contributed by atoms with Gasteiger partial charge in [0.25, 0.3) is 14.3 Å². The van der Waals surface area contributed by atoms with Crippen LogP contribution in [-0.2, 0) is 22.5 Å². The molecule has 0 aromatic heterocycles. The van der Waals surface area contributed by atoms with Crippen molar-refractivity contribution in [2.45, 2.75) is 122 Å². The Morgan fingerprint density at radius 2 is 1.19 bits per heavy atom. The van der Waals surface area contributed by atoms with E-state index >= 15 is 0 Å². The second-order valence-corrected chi connectivity index (χ2v) is 16.6. The standard InChI is InChI=1S/C24H48O5Si2/c1-6-26-31(27-7-2,28-8-3)20-21(5)24(25)29-30(9-4,22-16-12-10-13-17-22)23-18-14-11-15-19-23/h21-23H,6-20H2,1-5H3. The van der Waals surface area contributed by atoms with Gasteiger partial charge in [-0.15, -0.1) is 0 Å². The molecule has 0 aliphatic heterocycles. The normalized spacial score (nSPS) is 20.5. The van der Waals surface area contributed by atoms with E-state index in [-0.39, 0.29) is 11.9 Å². The highest BCUT2D eigenvalue weighted by Gasteiger charge is 2.52. The first-order valence-corrected chi connectivity index (χ1v) is 17.3. The second kappa shape index (κ2) is 13.5. The van der Waals surface area contributed by atoms with Crippen LogP contribution in [0.1, 0.15) is 98.8 Å². The minimum absolute atomic E-state index is 0.0272. The van der Waals surface area contributed by atoms with Crippen LogP contribution < -0.4 is 0 Å². The highest BCUT2D eigenvalue weighted by molar-refractivity contribution is 6.78. The van der Waals surface area contributed by atoms with Crippen LogP contribution in [0.3, 0.4) is 0 Å². The summed E-state index contributed by atoms with van der Waals surface area (Å²) < 4.78 is 24.8. The summed E-state index contributed by atoms with van der Waals surface area (Å²) in [6.45, 7) is 11.8. The highest BCUT2D eigenvalue weighted by Crippen LogP contribution is 2.51. The van der Waals surface area contributed by atoms with E-state index in [4.69, 9.17) is 17.7 Å². The van der Waals surface area contributed by atoms with E-state index in [0.29, 0.717) is 36.9 Å². The van der Waals surface area contributed by atoms with Gasteiger partial charge in [-0.1, -0.05) is 52.4 Å². The number of carbonyl (C=O) groups is 1. The second-order valence-electron chi connectivity index (χ2n) is 9.49. The molecule has 2 saturated carbocycles. The summed E-state index contributed by atoms with van der Waals surface area (Å²) in [5, 5.41) is 0. The van der Waals surface area contributed by atoms with Crippen LogP contribution in [0, 0.1) is 5.92 Å². The molecule has 0 N–H and O–H groups in total. The monoisotopic (exact) mass is 472 g/mol. The molecule has 0 heterocycles. The fourth-order valence-electron chi connectivity index (χ4n) is 6.04. The summed E-state index contributed by atoms with van der Waals surface area (Å²) in [6, 6.07) is 1.57. The van der Waals surface area contributed by atoms with Crippen molar-refractivity contribution < 1.29 is 22.5 Å². The zero-order chi connectivity index (χ0) is 22.7. The minimum atomic E-state index is -2.87. The summed E-state index contributed by atoms with van der Waals surface area (Å²) in [4.78, 5) is 13.6. The predicted octanol–water partition coefficient (Wildman–Crippen LogP) is 6.85. The maximum absolute atomic E-state index is 13.6. The first-order valence-electron chi connectivity index (χ1n) is 13.1. The summed E-state index contributed by atoms with van der Waals surface area (Å²) in [5.41, 5.74) is 1.27. The Morgan fingerprint density at radius 1 is 0.774 bits per heavy atom. The lowest BCUT2D eigenvalue weighted by atomic mass is 9.99. The molecule has 2 rings (SSSR count). The van der Waals surface area contributed by atoms with Gasteiger partial charge in [-0.05, 0) is 63.6 Å². The number of hydrogen-bond donors (Lipinski definition) is 0. The van der Waals surface area contributed by atoms with Crippen LogP contribution in [0.2, 0.25) is 23.2 Å². The van der Waals surface area contributed by atoms with Crippen LogP contribution in [0.5, 0.6) is 0 Å². The topological polar surface area (TPSA) is 54.0 Å². The number of hydrogen-bond acceptors (Lipinski definition) is 5. The van der Waals surface area contributed by atoms with Gasteiger partial charge in [-0.3, -0.25) is 4.79 Å². The zero-order valence-corrected chi connectivity index (χ0v) is 22.9. The third-order valence-electron chi connectivity index (χ3n) is 7.49. The van der Waals surface area contributed by atoms with E-state index in [1.165, 1.54) is 64.2 Å². The van der Waals surface area contributed by atoms with Crippen LogP contribution in [0.15, 0.2) is 0 Å². The van der Waals surface area contributed by atoms with Crippen LogP contribution in [0.25, 0.3) is 0 Å². The molecule has 1 atom stereocenters. The molecule has 0 saturated heterocycles. The highest BCUT2D eigenvalue weighted by atomic mass is 28.4. The van der Waals surface area contributed by atoms with E-state index < -0.39 is 17.1 Å². The molecule has 182 valence electrons. The molecule has 2 fully saturated rings. The fraction of sp³-hybridized carbons (Fsp3) is 0.958. The Labute approximate surface area is 193 Å². The summed E-state index contributed by atoms with van der Waals surface area (Å²) >= 11 is 0. The van der Waals surface area contributed by atoms with Gasteiger partial charge in [0.1, 0.15) is 0 Å². The Balaban J connectivity index is 2.20. The van der Waals surface area contributed by atoms with E-state index in [1.54, 1.807) is 0 Å². The molecule has 2 aliphatic carbocycles. The van der Waals surface area contributed by atoms with Crippen molar-refractivity contribution in [2.75, 3.05) is 19.8 Å². The molecule has 0 aromatic rings.